The van der Waals surface area contributed by atoms with Gasteiger partial charge in [-0.05, 0) is 24.3 Å². The highest BCUT2D eigenvalue weighted by atomic mass is 32.2. The van der Waals surface area contributed by atoms with Gasteiger partial charge in [-0.25, -0.2) is 4.98 Å². The fourth-order valence-electron chi connectivity index (χ4n) is 2.66. The molecule has 0 aliphatic carbocycles. The number of nitrogens with one attached hydrogen (secondary N) is 2. The number of fused-ring (bicyclic) bond motifs is 1. The molecule has 30 heavy (non-hydrogen) atoms. The SMILES string of the molecule is COCCn1c(SCC(=O)NNC(=O)c2ccc([N+](=O)[O-])cc2)nc2ccccc21. The Balaban J connectivity index is 1.56. The topological polar surface area (TPSA) is 128 Å². The van der Waals surface area contributed by atoms with Crippen molar-refractivity contribution in [2.24, 2.45) is 0 Å². The van der Waals surface area contributed by atoms with Crippen LogP contribution in [0.3, 0.4) is 0 Å². The molecule has 0 atom stereocenters. The largest absolute Gasteiger partial charge is 0.383 e. The number of nitrogens with zero attached hydrogens (tertiary/aromatic N) is 3. The summed E-state index contributed by atoms with van der Waals surface area (Å²) >= 11 is 1.24. The minimum Gasteiger partial charge on any atom is -0.383 e. The van der Waals surface area contributed by atoms with E-state index >= 15 is 0 Å². The molecule has 3 rings (SSSR count). The van der Waals surface area contributed by atoms with Gasteiger partial charge in [-0.3, -0.25) is 30.6 Å². The maximum Gasteiger partial charge on any atom is 0.269 e. The Morgan fingerprint density at radius 2 is 1.90 bits per heavy atom. The van der Waals surface area contributed by atoms with Crippen molar-refractivity contribution >= 4 is 40.3 Å². The van der Waals surface area contributed by atoms with Gasteiger partial charge in [0.1, 0.15) is 0 Å². The van der Waals surface area contributed by atoms with Crippen molar-refractivity contribution in [3.63, 3.8) is 0 Å². The molecular weight excluding hydrogens is 410 g/mol. The number of ether oxygens (including phenoxy) is 1. The fourth-order valence-corrected chi connectivity index (χ4v) is 3.50. The van der Waals surface area contributed by atoms with Crippen molar-refractivity contribution < 1.29 is 19.2 Å². The summed E-state index contributed by atoms with van der Waals surface area (Å²) in [4.78, 5) is 38.9. The highest BCUT2D eigenvalue weighted by Gasteiger charge is 2.14. The van der Waals surface area contributed by atoms with Crippen LogP contribution in [-0.4, -0.2) is 45.8 Å². The highest BCUT2D eigenvalue weighted by molar-refractivity contribution is 7.99. The van der Waals surface area contributed by atoms with Gasteiger partial charge >= 0.3 is 0 Å². The molecule has 3 aromatic rings. The van der Waals surface area contributed by atoms with Crippen molar-refractivity contribution in [1.29, 1.82) is 0 Å². The first kappa shape index (κ1) is 21.3. The van der Waals surface area contributed by atoms with E-state index in [0.717, 1.165) is 11.0 Å². The molecule has 1 aromatic heterocycles. The Morgan fingerprint density at radius 1 is 1.17 bits per heavy atom. The van der Waals surface area contributed by atoms with Gasteiger partial charge in [0.05, 0.1) is 28.3 Å². The summed E-state index contributed by atoms with van der Waals surface area (Å²) in [5.41, 5.74) is 6.46. The number of hydrazine groups is 1. The lowest BCUT2D eigenvalue weighted by Crippen LogP contribution is -2.42. The third kappa shape index (κ3) is 5.13. The highest BCUT2D eigenvalue weighted by Crippen LogP contribution is 2.23. The van der Waals surface area contributed by atoms with Crippen LogP contribution in [0.5, 0.6) is 0 Å². The van der Waals surface area contributed by atoms with Gasteiger partial charge in [0.2, 0.25) is 5.91 Å². The molecule has 0 radical (unpaired) electrons. The number of non-ortho nitro benzene ring substituents is 1. The monoisotopic (exact) mass is 429 g/mol. The second kappa shape index (κ2) is 9.85. The Labute approximate surface area is 175 Å². The van der Waals surface area contributed by atoms with Crippen molar-refractivity contribution in [2.45, 2.75) is 11.7 Å². The number of carbonyl (C=O) groups excluding carboxylic acids is 2. The smallest absolute Gasteiger partial charge is 0.269 e. The van der Waals surface area contributed by atoms with Crippen LogP contribution < -0.4 is 10.9 Å². The van der Waals surface area contributed by atoms with E-state index in [9.17, 15) is 19.7 Å². The van der Waals surface area contributed by atoms with Crippen molar-refractivity contribution in [1.82, 2.24) is 20.4 Å². The Bertz CT molecular complexity index is 1070. The van der Waals surface area contributed by atoms with Crippen LogP contribution in [0.2, 0.25) is 0 Å². The maximum atomic E-state index is 12.1. The minimum atomic E-state index is -0.574. The molecular formula is C19H19N5O5S. The zero-order valence-corrected chi connectivity index (χ0v) is 16.8. The van der Waals surface area contributed by atoms with Gasteiger partial charge in [0.25, 0.3) is 11.6 Å². The Kier molecular flexibility index (Phi) is 6.99. The minimum absolute atomic E-state index is 0.0385. The number of aromatic nitrogens is 2. The summed E-state index contributed by atoms with van der Waals surface area (Å²) in [6.07, 6.45) is 0. The van der Waals surface area contributed by atoms with Gasteiger partial charge in [0.15, 0.2) is 5.16 Å². The van der Waals surface area contributed by atoms with Crippen LogP contribution >= 0.6 is 11.8 Å². The van der Waals surface area contributed by atoms with E-state index in [1.807, 2.05) is 28.8 Å². The number of para-hydroxylation sites is 2. The summed E-state index contributed by atoms with van der Waals surface area (Å²) in [7, 11) is 1.62. The Hall–Kier alpha value is -3.44. The molecule has 0 aliphatic heterocycles. The molecule has 10 nitrogen and oxygen atoms in total. The molecule has 11 heteroatoms. The van der Waals surface area contributed by atoms with Crippen LogP contribution in [0, 0.1) is 10.1 Å². The molecule has 156 valence electrons. The van der Waals surface area contributed by atoms with Crippen LogP contribution in [0.25, 0.3) is 11.0 Å². The summed E-state index contributed by atoms with van der Waals surface area (Å²) in [5.74, 6) is -0.951. The van der Waals surface area contributed by atoms with Gasteiger partial charge in [0, 0.05) is 31.4 Å². The number of benzene rings is 2. The molecule has 1 heterocycles. The third-order valence-corrected chi connectivity index (χ3v) is 5.10. The van der Waals surface area contributed by atoms with Crippen molar-refractivity contribution in [3.05, 3.63) is 64.2 Å². The molecule has 2 amide bonds. The summed E-state index contributed by atoms with van der Waals surface area (Å²) in [5, 5.41) is 11.3. The van der Waals surface area contributed by atoms with Gasteiger partial charge in [-0.1, -0.05) is 23.9 Å². The number of hydrogen-bond acceptors (Lipinski definition) is 7. The number of carbonyl (C=O) groups is 2. The van der Waals surface area contributed by atoms with E-state index in [-0.39, 0.29) is 17.0 Å². The standard InChI is InChI=1S/C19H19N5O5S/c1-29-11-10-23-16-5-3-2-4-15(16)20-19(23)30-12-17(25)21-22-18(26)13-6-8-14(9-7-13)24(27)28/h2-9H,10-12H2,1H3,(H,21,25)(H,22,26). The normalized spacial score (nSPS) is 10.7. The van der Waals surface area contributed by atoms with E-state index in [1.54, 1.807) is 7.11 Å². The second-order valence-electron chi connectivity index (χ2n) is 6.12. The Morgan fingerprint density at radius 3 is 2.60 bits per heavy atom. The van der Waals surface area contributed by atoms with Crippen molar-refractivity contribution in [2.75, 3.05) is 19.5 Å². The number of nitro benzene ring substituents is 1. The van der Waals surface area contributed by atoms with E-state index < -0.39 is 16.7 Å². The molecule has 0 spiro atoms. The van der Waals surface area contributed by atoms with E-state index in [4.69, 9.17) is 4.74 Å². The predicted octanol–water partition coefficient (Wildman–Crippen LogP) is 2.14. The lowest BCUT2D eigenvalue weighted by Gasteiger charge is -2.09. The molecule has 0 bridgehead atoms. The number of nitro groups is 1. The predicted molar refractivity (Wildman–Crippen MR) is 111 cm³/mol. The van der Waals surface area contributed by atoms with E-state index in [1.165, 1.54) is 36.0 Å². The summed E-state index contributed by atoms with van der Waals surface area (Å²) < 4.78 is 7.13. The zero-order valence-electron chi connectivity index (χ0n) is 16.0. The first-order chi connectivity index (χ1) is 14.5. The number of rotatable bonds is 8. The zero-order chi connectivity index (χ0) is 21.5. The van der Waals surface area contributed by atoms with Gasteiger partial charge in [-0.15, -0.1) is 0 Å². The number of imidazole rings is 1. The lowest BCUT2D eigenvalue weighted by molar-refractivity contribution is -0.384. The average molecular weight is 429 g/mol. The van der Waals surface area contributed by atoms with E-state index in [2.05, 4.69) is 15.8 Å². The maximum absolute atomic E-state index is 12.1. The molecule has 0 unspecified atom stereocenters. The van der Waals surface area contributed by atoms with Gasteiger partial charge < -0.3 is 9.30 Å². The first-order valence-corrected chi connectivity index (χ1v) is 9.89. The van der Waals surface area contributed by atoms with Crippen LogP contribution in [-0.2, 0) is 16.1 Å². The number of thioether (sulfide) groups is 1. The lowest BCUT2D eigenvalue weighted by atomic mass is 10.2. The van der Waals surface area contributed by atoms with Gasteiger partial charge in [-0.2, -0.15) is 0 Å². The van der Waals surface area contributed by atoms with Crippen LogP contribution in [0.1, 0.15) is 10.4 Å². The fraction of sp³-hybridized carbons (Fsp3) is 0.211. The molecule has 0 aliphatic rings. The van der Waals surface area contributed by atoms with E-state index in [0.29, 0.717) is 18.3 Å². The van der Waals surface area contributed by atoms with Crippen molar-refractivity contribution in [3.8, 4) is 0 Å². The number of hydrogen-bond donors (Lipinski definition) is 2. The quantitative estimate of drug-likeness (QED) is 0.319. The summed E-state index contributed by atoms with van der Waals surface area (Å²) in [6, 6.07) is 12.7. The number of methoxy groups -OCH3 is 1. The first-order valence-electron chi connectivity index (χ1n) is 8.90. The van der Waals surface area contributed by atoms with Crippen LogP contribution in [0.4, 0.5) is 5.69 Å². The summed E-state index contributed by atoms with van der Waals surface area (Å²) in [6.45, 7) is 1.10. The second-order valence-corrected chi connectivity index (χ2v) is 7.06. The number of amides is 2. The molecule has 2 N–H and O–H groups in total. The molecule has 0 saturated heterocycles. The third-order valence-electron chi connectivity index (χ3n) is 4.13. The van der Waals surface area contributed by atoms with Crippen LogP contribution in [0.15, 0.2) is 53.7 Å². The average Bonchev–Trinajstić information content (AvgIpc) is 3.12. The molecule has 0 fully saturated rings. The molecule has 2 aromatic carbocycles. The molecule has 0 saturated carbocycles.